The number of hydrogen-bond donors (Lipinski definition) is 2. The second-order valence-corrected chi connectivity index (χ2v) is 7.53. The van der Waals surface area contributed by atoms with E-state index in [1.165, 1.54) is 0 Å². The summed E-state index contributed by atoms with van der Waals surface area (Å²) >= 11 is 6.34. The highest BCUT2D eigenvalue weighted by molar-refractivity contribution is 6.35. The number of benzene rings is 1. The van der Waals surface area contributed by atoms with Crippen molar-refractivity contribution in [3.63, 3.8) is 0 Å². The summed E-state index contributed by atoms with van der Waals surface area (Å²) in [5, 5.41) is 7.52. The van der Waals surface area contributed by atoms with E-state index in [1.807, 2.05) is 12.1 Å². The van der Waals surface area contributed by atoms with Gasteiger partial charge in [0.05, 0.1) is 29.3 Å². The summed E-state index contributed by atoms with van der Waals surface area (Å²) < 4.78 is 44.1. The molecule has 1 aliphatic rings. The molecule has 1 saturated heterocycles. The summed E-state index contributed by atoms with van der Waals surface area (Å²) in [7, 11) is 0. The van der Waals surface area contributed by atoms with Gasteiger partial charge in [-0.2, -0.15) is 13.2 Å². The van der Waals surface area contributed by atoms with Crippen LogP contribution in [0.15, 0.2) is 42.6 Å². The first-order valence-corrected chi connectivity index (χ1v) is 10.2. The van der Waals surface area contributed by atoms with Crippen LogP contribution in [0.25, 0.3) is 10.9 Å². The van der Waals surface area contributed by atoms with Crippen molar-refractivity contribution in [2.75, 3.05) is 50.0 Å². The Bertz CT molecular complexity index is 1060. The van der Waals surface area contributed by atoms with Gasteiger partial charge in [0.15, 0.2) is 0 Å². The highest BCUT2D eigenvalue weighted by Gasteiger charge is 2.30. The van der Waals surface area contributed by atoms with Crippen LogP contribution in [0.1, 0.15) is 5.56 Å². The molecule has 2 N–H and O–H groups in total. The van der Waals surface area contributed by atoms with Gasteiger partial charge in [0, 0.05) is 43.4 Å². The number of ether oxygens (including phenoxy) is 1. The van der Waals surface area contributed by atoms with E-state index in [0.717, 1.165) is 68.8 Å². The lowest BCUT2D eigenvalue weighted by atomic mass is 10.1. The van der Waals surface area contributed by atoms with Crippen LogP contribution in [-0.4, -0.2) is 54.3 Å². The molecule has 164 valence electrons. The maximum absolute atomic E-state index is 12.9. The third-order valence-electron chi connectivity index (χ3n) is 5.00. The van der Waals surface area contributed by atoms with Gasteiger partial charge in [-0.3, -0.25) is 4.90 Å². The van der Waals surface area contributed by atoms with E-state index in [-0.39, 0.29) is 5.82 Å². The largest absolute Gasteiger partial charge is 0.416 e. The SMILES string of the molecule is FC(F)(F)c1ccnc(Nc2ccc3c(NCCN4CCOCC4)ccc(Cl)c3n2)c1. The Morgan fingerprint density at radius 3 is 2.65 bits per heavy atom. The van der Waals surface area contributed by atoms with Crippen molar-refractivity contribution < 1.29 is 17.9 Å². The number of aromatic nitrogens is 2. The number of pyridine rings is 2. The zero-order valence-electron chi connectivity index (χ0n) is 16.5. The number of fused-ring (bicyclic) bond motifs is 1. The fourth-order valence-electron chi connectivity index (χ4n) is 3.39. The monoisotopic (exact) mass is 451 g/mol. The Labute approximate surface area is 182 Å². The second-order valence-electron chi connectivity index (χ2n) is 7.12. The maximum atomic E-state index is 12.9. The molecule has 0 amide bonds. The number of alkyl halides is 3. The highest BCUT2D eigenvalue weighted by Crippen LogP contribution is 2.32. The van der Waals surface area contributed by atoms with Gasteiger partial charge in [0.1, 0.15) is 11.6 Å². The first-order valence-electron chi connectivity index (χ1n) is 9.84. The van der Waals surface area contributed by atoms with E-state index in [1.54, 1.807) is 12.1 Å². The average Bonchev–Trinajstić information content (AvgIpc) is 2.76. The van der Waals surface area contributed by atoms with Gasteiger partial charge < -0.3 is 15.4 Å². The van der Waals surface area contributed by atoms with Crippen LogP contribution in [-0.2, 0) is 10.9 Å². The number of hydrogen-bond acceptors (Lipinski definition) is 6. The molecule has 1 aliphatic heterocycles. The molecule has 10 heteroatoms. The lowest BCUT2D eigenvalue weighted by molar-refractivity contribution is -0.137. The van der Waals surface area contributed by atoms with Crippen LogP contribution >= 0.6 is 11.6 Å². The summed E-state index contributed by atoms with van der Waals surface area (Å²) in [4.78, 5) is 10.8. The molecule has 1 aromatic carbocycles. The smallest absolute Gasteiger partial charge is 0.383 e. The lowest BCUT2D eigenvalue weighted by Crippen LogP contribution is -2.39. The number of halogens is 4. The molecule has 0 atom stereocenters. The molecule has 6 nitrogen and oxygen atoms in total. The Hall–Kier alpha value is -2.62. The molecule has 0 bridgehead atoms. The topological polar surface area (TPSA) is 62.3 Å². The van der Waals surface area contributed by atoms with Gasteiger partial charge in [-0.15, -0.1) is 0 Å². The van der Waals surface area contributed by atoms with E-state index in [4.69, 9.17) is 16.3 Å². The van der Waals surface area contributed by atoms with E-state index in [0.29, 0.717) is 16.4 Å². The summed E-state index contributed by atoms with van der Waals surface area (Å²) in [5.74, 6) is 0.407. The molecule has 31 heavy (non-hydrogen) atoms. The van der Waals surface area contributed by atoms with Crippen LogP contribution in [0.4, 0.5) is 30.5 Å². The molecule has 0 radical (unpaired) electrons. The second kappa shape index (κ2) is 9.25. The van der Waals surface area contributed by atoms with E-state index < -0.39 is 11.7 Å². The number of morpholine rings is 1. The molecule has 0 saturated carbocycles. The predicted molar refractivity (Wildman–Crippen MR) is 115 cm³/mol. The Balaban J connectivity index is 1.50. The number of rotatable bonds is 6. The highest BCUT2D eigenvalue weighted by atomic mass is 35.5. The van der Waals surface area contributed by atoms with Gasteiger partial charge in [0.25, 0.3) is 0 Å². The van der Waals surface area contributed by atoms with E-state index >= 15 is 0 Å². The fraction of sp³-hybridized carbons (Fsp3) is 0.333. The molecule has 2 aromatic heterocycles. The first kappa shape index (κ1) is 21.6. The number of nitrogens with one attached hydrogen (secondary N) is 2. The Morgan fingerprint density at radius 2 is 1.87 bits per heavy atom. The van der Waals surface area contributed by atoms with Gasteiger partial charge in [0.2, 0.25) is 0 Å². The van der Waals surface area contributed by atoms with Crippen molar-refractivity contribution in [3.05, 3.63) is 53.2 Å². The molecule has 3 heterocycles. The third kappa shape index (κ3) is 5.36. The third-order valence-corrected chi connectivity index (χ3v) is 5.30. The fourth-order valence-corrected chi connectivity index (χ4v) is 3.59. The molecule has 0 unspecified atom stereocenters. The standard InChI is InChI=1S/C21H21ClF3N5O/c22-16-2-3-17(26-7-8-30-9-11-31-12-10-30)15-1-4-18(29-20(15)16)28-19-13-14(5-6-27-19)21(23,24)25/h1-6,13,26H,7-12H2,(H,27,28,29). The normalized spacial score (nSPS) is 15.2. The van der Waals surface area contributed by atoms with Crippen LogP contribution in [0, 0.1) is 0 Å². The lowest BCUT2D eigenvalue weighted by Gasteiger charge is -2.26. The molecule has 0 spiro atoms. The van der Waals surface area contributed by atoms with Crippen molar-refractivity contribution in [3.8, 4) is 0 Å². The molecule has 1 fully saturated rings. The van der Waals surface area contributed by atoms with Crippen molar-refractivity contribution in [1.29, 1.82) is 0 Å². The minimum Gasteiger partial charge on any atom is -0.383 e. The molecule has 0 aliphatic carbocycles. The van der Waals surface area contributed by atoms with Crippen molar-refractivity contribution in [2.24, 2.45) is 0 Å². The number of nitrogens with zero attached hydrogens (tertiary/aromatic N) is 3. The summed E-state index contributed by atoms with van der Waals surface area (Å²) in [6.07, 6.45) is -3.34. The van der Waals surface area contributed by atoms with Gasteiger partial charge in [-0.05, 0) is 36.4 Å². The molecular formula is C21H21ClF3N5O. The van der Waals surface area contributed by atoms with Gasteiger partial charge in [-0.25, -0.2) is 9.97 Å². The van der Waals surface area contributed by atoms with Crippen molar-refractivity contribution in [1.82, 2.24) is 14.9 Å². The Morgan fingerprint density at radius 1 is 1.06 bits per heavy atom. The number of anilines is 3. The van der Waals surface area contributed by atoms with E-state index in [2.05, 4.69) is 25.5 Å². The Kier molecular flexibility index (Phi) is 6.45. The summed E-state index contributed by atoms with van der Waals surface area (Å²) in [5.41, 5.74) is 0.662. The zero-order valence-corrected chi connectivity index (χ0v) is 17.3. The first-order chi connectivity index (χ1) is 14.9. The molecular weight excluding hydrogens is 431 g/mol. The minimum atomic E-state index is -4.44. The summed E-state index contributed by atoms with van der Waals surface area (Å²) in [6.45, 7) is 4.99. The van der Waals surface area contributed by atoms with E-state index in [9.17, 15) is 13.2 Å². The van der Waals surface area contributed by atoms with Crippen LogP contribution in [0.5, 0.6) is 0 Å². The maximum Gasteiger partial charge on any atom is 0.416 e. The van der Waals surface area contributed by atoms with Crippen LogP contribution in [0.3, 0.4) is 0 Å². The molecule has 4 rings (SSSR count). The minimum absolute atomic E-state index is 0.0533. The van der Waals surface area contributed by atoms with Crippen molar-refractivity contribution in [2.45, 2.75) is 6.18 Å². The van der Waals surface area contributed by atoms with Crippen molar-refractivity contribution >= 4 is 39.8 Å². The van der Waals surface area contributed by atoms with Crippen LogP contribution in [0.2, 0.25) is 5.02 Å². The van der Waals surface area contributed by atoms with Crippen LogP contribution < -0.4 is 10.6 Å². The average molecular weight is 452 g/mol. The summed E-state index contributed by atoms with van der Waals surface area (Å²) in [6, 6.07) is 9.03. The quantitative estimate of drug-likeness (QED) is 0.562. The molecule has 3 aromatic rings. The predicted octanol–water partition coefficient (Wildman–Crippen LogP) is 4.79. The van der Waals surface area contributed by atoms with Gasteiger partial charge >= 0.3 is 6.18 Å². The zero-order chi connectivity index (χ0) is 21.8. The van der Waals surface area contributed by atoms with Gasteiger partial charge in [-0.1, -0.05) is 11.6 Å².